The number of para-hydroxylation sites is 3. The lowest BCUT2D eigenvalue weighted by atomic mass is 10.2. The number of carbonyl (C=O) groups is 1. The summed E-state index contributed by atoms with van der Waals surface area (Å²) >= 11 is 0. The molecular formula is C21H22FN5O2. The molecule has 0 atom stereocenters. The van der Waals surface area contributed by atoms with Crippen molar-refractivity contribution in [2.24, 2.45) is 0 Å². The van der Waals surface area contributed by atoms with E-state index in [0.717, 1.165) is 11.0 Å². The van der Waals surface area contributed by atoms with E-state index in [2.05, 4.69) is 10.3 Å². The summed E-state index contributed by atoms with van der Waals surface area (Å²) in [6.07, 6.45) is 0. The number of nitrogens with one attached hydrogen (secondary N) is 1. The van der Waals surface area contributed by atoms with E-state index >= 15 is 0 Å². The van der Waals surface area contributed by atoms with Crippen LogP contribution >= 0.6 is 0 Å². The molecule has 1 fully saturated rings. The third-order valence-electron chi connectivity index (χ3n) is 5.13. The van der Waals surface area contributed by atoms with Crippen LogP contribution in [-0.2, 0) is 6.54 Å². The van der Waals surface area contributed by atoms with Crippen molar-refractivity contribution in [1.29, 1.82) is 0 Å². The number of urea groups is 1. The predicted molar refractivity (Wildman–Crippen MR) is 111 cm³/mol. The molecule has 2 amide bonds. The Bertz CT molecular complexity index is 1110. The lowest BCUT2D eigenvalue weighted by Crippen LogP contribution is -2.51. The first kappa shape index (κ1) is 18.9. The van der Waals surface area contributed by atoms with E-state index in [4.69, 9.17) is 0 Å². The van der Waals surface area contributed by atoms with Crippen LogP contribution in [0.5, 0.6) is 0 Å². The first-order chi connectivity index (χ1) is 14.1. The molecule has 0 spiro atoms. The Kier molecular flexibility index (Phi) is 5.16. The van der Waals surface area contributed by atoms with Crippen LogP contribution in [0.1, 0.15) is 6.92 Å². The van der Waals surface area contributed by atoms with Gasteiger partial charge in [0.15, 0.2) is 5.82 Å². The maximum Gasteiger partial charge on any atom is 0.322 e. The number of carbonyl (C=O) groups excluding carboxylic acids is 1. The molecule has 150 valence electrons. The summed E-state index contributed by atoms with van der Waals surface area (Å²) in [5.41, 5.74) is 1.60. The summed E-state index contributed by atoms with van der Waals surface area (Å²) in [5.74, 6) is -0.0697. The highest BCUT2D eigenvalue weighted by molar-refractivity contribution is 5.89. The van der Waals surface area contributed by atoms with Crippen LogP contribution in [0.3, 0.4) is 0 Å². The number of hydrogen-bond donors (Lipinski definition) is 1. The third-order valence-corrected chi connectivity index (χ3v) is 5.13. The molecule has 1 aliphatic heterocycles. The van der Waals surface area contributed by atoms with Gasteiger partial charge in [-0.15, -0.1) is 0 Å². The number of anilines is 2. The molecule has 0 bridgehead atoms. The van der Waals surface area contributed by atoms with Crippen LogP contribution in [0, 0.1) is 5.82 Å². The third kappa shape index (κ3) is 3.65. The van der Waals surface area contributed by atoms with E-state index in [-0.39, 0.29) is 17.3 Å². The van der Waals surface area contributed by atoms with Crippen molar-refractivity contribution in [3.63, 3.8) is 0 Å². The van der Waals surface area contributed by atoms with Gasteiger partial charge in [0, 0.05) is 32.7 Å². The highest BCUT2D eigenvalue weighted by atomic mass is 19.1. The van der Waals surface area contributed by atoms with E-state index in [1.807, 2.05) is 36.1 Å². The van der Waals surface area contributed by atoms with Crippen LogP contribution in [0.25, 0.3) is 11.0 Å². The van der Waals surface area contributed by atoms with Gasteiger partial charge in [-0.3, -0.25) is 4.79 Å². The minimum atomic E-state index is -0.472. The molecule has 0 saturated carbocycles. The van der Waals surface area contributed by atoms with Gasteiger partial charge in [-0.1, -0.05) is 24.3 Å². The Labute approximate surface area is 167 Å². The van der Waals surface area contributed by atoms with Crippen LogP contribution in [-0.4, -0.2) is 46.7 Å². The van der Waals surface area contributed by atoms with Gasteiger partial charge in [0.05, 0.1) is 16.7 Å². The number of fused-ring (bicyclic) bond motifs is 1. The Morgan fingerprint density at radius 3 is 2.48 bits per heavy atom. The Balaban J connectivity index is 1.50. The van der Waals surface area contributed by atoms with Crippen LogP contribution < -0.4 is 15.8 Å². The minimum absolute atomic E-state index is 0.129. The van der Waals surface area contributed by atoms with Gasteiger partial charge in [0.1, 0.15) is 5.82 Å². The van der Waals surface area contributed by atoms with Gasteiger partial charge in [-0.05, 0) is 31.2 Å². The van der Waals surface area contributed by atoms with E-state index in [1.165, 1.54) is 12.1 Å². The molecule has 7 nitrogen and oxygen atoms in total. The predicted octanol–water partition coefficient (Wildman–Crippen LogP) is 2.91. The Morgan fingerprint density at radius 1 is 1.07 bits per heavy atom. The second kappa shape index (κ2) is 7.90. The molecule has 8 heteroatoms. The molecule has 1 aliphatic rings. The largest absolute Gasteiger partial charge is 0.348 e. The van der Waals surface area contributed by atoms with Gasteiger partial charge in [-0.2, -0.15) is 0 Å². The first-order valence-corrected chi connectivity index (χ1v) is 9.63. The Hall–Kier alpha value is -3.42. The summed E-state index contributed by atoms with van der Waals surface area (Å²) in [6.45, 7) is 4.28. The zero-order chi connectivity index (χ0) is 20.4. The fraction of sp³-hybridized carbons (Fsp3) is 0.286. The molecule has 3 aromatic rings. The molecule has 0 unspecified atom stereocenters. The lowest BCUT2D eigenvalue weighted by molar-refractivity contribution is 0.208. The van der Waals surface area contributed by atoms with E-state index < -0.39 is 5.82 Å². The lowest BCUT2D eigenvalue weighted by Gasteiger charge is -2.35. The average molecular weight is 395 g/mol. The number of piperazine rings is 1. The molecule has 0 radical (unpaired) electrons. The smallest absolute Gasteiger partial charge is 0.322 e. The zero-order valence-corrected chi connectivity index (χ0v) is 16.1. The SMILES string of the molecule is CCn1c(=O)c(N2CCN(C(=O)Nc3ccccc3F)CC2)nc2ccccc21. The van der Waals surface area contributed by atoms with Crippen molar-refractivity contribution < 1.29 is 9.18 Å². The molecule has 1 saturated heterocycles. The molecule has 2 aromatic carbocycles. The number of rotatable bonds is 3. The fourth-order valence-electron chi connectivity index (χ4n) is 3.58. The minimum Gasteiger partial charge on any atom is -0.348 e. The number of halogens is 1. The number of nitrogens with zero attached hydrogens (tertiary/aromatic N) is 4. The molecule has 2 heterocycles. The number of amides is 2. The van der Waals surface area contributed by atoms with E-state index in [0.29, 0.717) is 38.5 Å². The first-order valence-electron chi connectivity index (χ1n) is 9.63. The maximum atomic E-state index is 13.8. The van der Waals surface area contributed by atoms with Gasteiger partial charge < -0.3 is 19.7 Å². The topological polar surface area (TPSA) is 70.5 Å². The maximum absolute atomic E-state index is 13.8. The second-order valence-corrected chi connectivity index (χ2v) is 6.86. The summed E-state index contributed by atoms with van der Waals surface area (Å²) in [7, 11) is 0. The van der Waals surface area contributed by atoms with Crippen molar-refractivity contribution in [3.8, 4) is 0 Å². The highest BCUT2D eigenvalue weighted by Gasteiger charge is 2.25. The zero-order valence-electron chi connectivity index (χ0n) is 16.1. The van der Waals surface area contributed by atoms with Crippen molar-refractivity contribution in [2.45, 2.75) is 13.5 Å². The van der Waals surface area contributed by atoms with Crippen molar-refractivity contribution in [3.05, 3.63) is 64.7 Å². The van der Waals surface area contributed by atoms with Crippen LogP contribution in [0.15, 0.2) is 53.3 Å². The van der Waals surface area contributed by atoms with E-state index in [1.54, 1.807) is 21.6 Å². The fourth-order valence-corrected chi connectivity index (χ4v) is 3.58. The summed E-state index contributed by atoms with van der Waals surface area (Å²) < 4.78 is 15.5. The average Bonchev–Trinajstić information content (AvgIpc) is 2.75. The number of aromatic nitrogens is 2. The normalized spacial score (nSPS) is 14.3. The molecule has 1 aromatic heterocycles. The Morgan fingerprint density at radius 2 is 1.76 bits per heavy atom. The van der Waals surface area contributed by atoms with Gasteiger partial charge in [0.2, 0.25) is 0 Å². The van der Waals surface area contributed by atoms with Gasteiger partial charge in [-0.25, -0.2) is 14.2 Å². The number of hydrogen-bond acceptors (Lipinski definition) is 4. The number of aryl methyl sites for hydroxylation is 1. The molecule has 4 rings (SSSR count). The quantitative estimate of drug-likeness (QED) is 0.740. The van der Waals surface area contributed by atoms with Crippen LogP contribution in [0.4, 0.5) is 20.7 Å². The standard InChI is InChI=1S/C21H22FN5O2/c1-2-27-18-10-6-5-9-17(18)23-19(20(27)28)25-11-13-26(14-12-25)21(29)24-16-8-4-3-7-15(16)22/h3-10H,2,11-14H2,1H3,(H,24,29). The molecular weight excluding hydrogens is 373 g/mol. The summed E-state index contributed by atoms with van der Waals surface area (Å²) in [4.78, 5) is 33.5. The number of benzene rings is 2. The monoisotopic (exact) mass is 395 g/mol. The summed E-state index contributed by atoms with van der Waals surface area (Å²) in [5, 5.41) is 2.60. The molecule has 29 heavy (non-hydrogen) atoms. The van der Waals surface area contributed by atoms with Crippen molar-refractivity contribution in [1.82, 2.24) is 14.5 Å². The summed E-state index contributed by atoms with van der Waals surface area (Å²) in [6, 6.07) is 13.3. The highest BCUT2D eigenvalue weighted by Crippen LogP contribution is 2.17. The molecule has 1 N–H and O–H groups in total. The van der Waals surface area contributed by atoms with Crippen molar-refractivity contribution in [2.75, 3.05) is 36.4 Å². The second-order valence-electron chi connectivity index (χ2n) is 6.86. The van der Waals surface area contributed by atoms with Crippen molar-refractivity contribution >= 4 is 28.6 Å². The van der Waals surface area contributed by atoms with Crippen LogP contribution in [0.2, 0.25) is 0 Å². The molecule has 0 aliphatic carbocycles. The van der Waals surface area contributed by atoms with Gasteiger partial charge in [0.25, 0.3) is 5.56 Å². The van der Waals surface area contributed by atoms with Gasteiger partial charge >= 0.3 is 6.03 Å². The van der Waals surface area contributed by atoms with E-state index in [9.17, 15) is 14.0 Å².